The highest BCUT2D eigenvalue weighted by atomic mass is 16.5. The number of ether oxygens (including phenoxy) is 4. The highest BCUT2D eigenvalue weighted by molar-refractivity contribution is 5.81. The molecule has 3 aliphatic rings. The molecule has 0 saturated heterocycles. The van der Waals surface area contributed by atoms with Crippen molar-refractivity contribution in [3.8, 4) is 29.4 Å². The smallest absolute Gasteiger partial charge is 0.331 e. The SMILES string of the molecule is C=CC(=O)OCC#Cc1ccc2c(c1)CC[C@H]1OCCOc3ccc4c(c3[C@@H]21)CC[C@H](C#CCOC(=O)C=C)C4.CC.CC.CC.CC. The molecule has 0 aromatic heterocycles. The molecule has 0 amide bonds. The van der Waals surface area contributed by atoms with Gasteiger partial charge in [-0.1, -0.05) is 104 Å². The predicted octanol–water partition coefficient (Wildman–Crippen LogP) is 8.57. The van der Waals surface area contributed by atoms with Crippen LogP contribution in [0.2, 0.25) is 0 Å². The molecular formula is C42H56O6. The average Bonchev–Trinajstić information content (AvgIpc) is 3.15. The molecule has 5 rings (SSSR count). The van der Waals surface area contributed by atoms with Gasteiger partial charge in [0.1, 0.15) is 12.4 Å². The zero-order chi connectivity index (χ0) is 35.9. The summed E-state index contributed by atoms with van der Waals surface area (Å²) in [5.74, 6) is 12.6. The van der Waals surface area contributed by atoms with Crippen LogP contribution in [0, 0.1) is 29.6 Å². The quantitative estimate of drug-likeness (QED) is 0.187. The second-order valence-corrected chi connectivity index (χ2v) is 9.99. The molecule has 1 aliphatic heterocycles. The van der Waals surface area contributed by atoms with E-state index in [2.05, 4.69) is 61.1 Å². The van der Waals surface area contributed by atoms with Crippen LogP contribution in [0.15, 0.2) is 55.6 Å². The summed E-state index contributed by atoms with van der Waals surface area (Å²) >= 11 is 0. The summed E-state index contributed by atoms with van der Waals surface area (Å²) in [4.78, 5) is 22.5. The first kappa shape index (κ1) is 41.8. The molecule has 0 unspecified atom stereocenters. The maximum Gasteiger partial charge on any atom is 0.331 e. The first-order chi connectivity index (χ1) is 23.6. The van der Waals surface area contributed by atoms with E-state index in [0.717, 1.165) is 55.6 Å². The molecule has 6 heteroatoms. The van der Waals surface area contributed by atoms with Crippen molar-refractivity contribution in [2.75, 3.05) is 26.4 Å². The van der Waals surface area contributed by atoms with Crippen LogP contribution in [0.25, 0.3) is 0 Å². The molecule has 48 heavy (non-hydrogen) atoms. The second-order valence-electron chi connectivity index (χ2n) is 9.99. The Hall–Kier alpha value is -4.26. The van der Waals surface area contributed by atoms with Gasteiger partial charge in [-0.25, -0.2) is 9.59 Å². The Kier molecular flexibility index (Phi) is 20.9. The van der Waals surface area contributed by atoms with Gasteiger partial charge in [0.15, 0.2) is 13.2 Å². The fraction of sp³-hybridized carbons (Fsp3) is 0.476. The normalized spacial score (nSPS) is 17.5. The largest absolute Gasteiger partial charge is 0.491 e. The van der Waals surface area contributed by atoms with Gasteiger partial charge in [-0.15, -0.1) is 0 Å². The van der Waals surface area contributed by atoms with E-state index in [-0.39, 0.29) is 31.2 Å². The van der Waals surface area contributed by atoms with Gasteiger partial charge < -0.3 is 18.9 Å². The summed E-state index contributed by atoms with van der Waals surface area (Å²) in [6.07, 6.45) is 6.87. The lowest BCUT2D eigenvalue weighted by atomic mass is 9.71. The van der Waals surface area contributed by atoms with E-state index in [1.54, 1.807) is 0 Å². The van der Waals surface area contributed by atoms with Crippen molar-refractivity contribution in [3.05, 3.63) is 89.0 Å². The summed E-state index contributed by atoms with van der Waals surface area (Å²) in [6.45, 7) is 24.0. The molecule has 260 valence electrons. The Morgan fingerprint density at radius 2 is 1.50 bits per heavy atom. The van der Waals surface area contributed by atoms with Crippen molar-refractivity contribution in [2.24, 2.45) is 5.92 Å². The van der Waals surface area contributed by atoms with Crippen LogP contribution in [-0.2, 0) is 43.1 Å². The van der Waals surface area contributed by atoms with Gasteiger partial charge in [0.05, 0.1) is 12.7 Å². The first-order valence-corrected chi connectivity index (χ1v) is 17.6. The number of aryl methyl sites for hydroxylation is 1. The van der Waals surface area contributed by atoms with Crippen LogP contribution in [0.5, 0.6) is 5.75 Å². The monoisotopic (exact) mass is 656 g/mol. The van der Waals surface area contributed by atoms with Gasteiger partial charge in [0.2, 0.25) is 0 Å². The summed E-state index contributed by atoms with van der Waals surface area (Å²) in [5.41, 5.74) is 7.28. The lowest BCUT2D eigenvalue weighted by Gasteiger charge is -2.39. The number of carbonyl (C=O) groups is 2. The van der Waals surface area contributed by atoms with Crippen LogP contribution in [0.3, 0.4) is 0 Å². The second kappa shape index (κ2) is 24.0. The van der Waals surface area contributed by atoms with Gasteiger partial charge in [-0.05, 0) is 72.6 Å². The third kappa shape index (κ3) is 11.8. The molecule has 0 radical (unpaired) electrons. The Bertz CT molecular complexity index is 1450. The molecule has 0 saturated carbocycles. The Labute approximate surface area is 290 Å². The lowest BCUT2D eigenvalue weighted by Crippen LogP contribution is -2.34. The Balaban J connectivity index is 0.00000134. The van der Waals surface area contributed by atoms with E-state index >= 15 is 0 Å². The highest BCUT2D eigenvalue weighted by Crippen LogP contribution is 2.47. The molecular weight excluding hydrogens is 600 g/mol. The summed E-state index contributed by atoms with van der Waals surface area (Å²) < 4.78 is 22.6. The van der Waals surface area contributed by atoms with Crippen molar-refractivity contribution >= 4 is 11.9 Å². The average molecular weight is 657 g/mol. The summed E-state index contributed by atoms with van der Waals surface area (Å²) in [5, 5.41) is 0. The molecule has 0 spiro atoms. The number of rotatable bonds is 4. The molecule has 0 N–H and O–H groups in total. The molecule has 2 aromatic rings. The summed E-state index contributed by atoms with van der Waals surface area (Å²) in [6, 6.07) is 10.6. The van der Waals surface area contributed by atoms with Crippen LogP contribution < -0.4 is 4.74 Å². The topological polar surface area (TPSA) is 71.1 Å². The van der Waals surface area contributed by atoms with E-state index in [1.807, 2.05) is 61.5 Å². The van der Waals surface area contributed by atoms with Crippen LogP contribution in [-0.4, -0.2) is 44.5 Å². The molecule has 0 bridgehead atoms. The van der Waals surface area contributed by atoms with Crippen LogP contribution >= 0.6 is 0 Å². The Morgan fingerprint density at radius 3 is 2.17 bits per heavy atom. The minimum absolute atomic E-state index is 0.0304. The number of benzene rings is 2. The van der Waals surface area contributed by atoms with E-state index < -0.39 is 11.9 Å². The molecule has 2 aromatic carbocycles. The van der Waals surface area contributed by atoms with Crippen LogP contribution in [0.1, 0.15) is 108 Å². The van der Waals surface area contributed by atoms with Crippen molar-refractivity contribution < 1.29 is 28.5 Å². The van der Waals surface area contributed by atoms with E-state index in [9.17, 15) is 9.59 Å². The molecule has 3 atom stereocenters. The van der Waals surface area contributed by atoms with Crippen molar-refractivity contribution in [1.82, 2.24) is 0 Å². The van der Waals surface area contributed by atoms with Gasteiger partial charge in [-0.3, -0.25) is 0 Å². The minimum atomic E-state index is -0.480. The minimum Gasteiger partial charge on any atom is -0.491 e. The van der Waals surface area contributed by atoms with Gasteiger partial charge in [0, 0.05) is 35.1 Å². The fourth-order valence-corrected chi connectivity index (χ4v) is 5.85. The number of esters is 2. The molecule has 6 nitrogen and oxygen atoms in total. The highest BCUT2D eigenvalue weighted by Gasteiger charge is 2.37. The zero-order valence-corrected chi connectivity index (χ0v) is 30.5. The fourth-order valence-electron chi connectivity index (χ4n) is 5.85. The predicted molar refractivity (Wildman–Crippen MR) is 196 cm³/mol. The lowest BCUT2D eigenvalue weighted by molar-refractivity contribution is -0.137. The van der Waals surface area contributed by atoms with Crippen molar-refractivity contribution in [1.29, 1.82) is 0 Å². The van der Waals surface area contributed by atoms with Crippen LogP contribution in [0.4, 0.5) is 0 Å². The standard InChI is InChI=1S/C34H32O6.4C2H6/c1-3-31(35)39-17-5-7-23-9-13-27-25(21-23)11-15-29-33(27)34-28-14-10-24(8-6-18-40-32(36)4-2)22-26(28)12-16-30(34)38-20-19-37-29;4*1-2/h3-4,9,12-13,16,21,24,29,33H,1-2,10-11,14-15,17-20,22H2;4*1-2H3/t24-,29+,33-;;;;/m0..../s1. The number of hydrogen-bond acceptors (Lipinski definition) is 6. The molecule has 2 aliphatic carbocycles. The molecule has 0 fully saturated rings. The first-order valence-electron chi connectivity index (χ1n) is 17.6. The van der Waals surface area contributed by atoms with E-state index in [1.165, 1.54) is 27.8 Å². The number of fused-ring (bicyclic) bond motifs is 7. The molecule has 1 heterocycles. The number of hydrogen-bond donors (Lipinski definition) is 0. The zero-order valence-electron chi connectivity index (χ0n) is 30.5. The maximum absolute atomic E-state index is 11.3. The van der Waals surface area contributed by atoms with E-state index in [0.29, 0.717) is 13.2 Å². The summed E-state index contributed by atoms with van der Waals surface area (Å²) in [7, 11) is 0. The van der Waals surface area contributed by atoms with Gasteiger partial charge >= 0.3 is 11.9 Å². The van der Waals surface area contributed by atoms with Gasteiger partial charge in [-0.2, -0.15) is 0 Å². The van der Waals surface area contributed by atoms with E-state index in [4.69, 9.17) is 18.9 Å². The van der Waals surface area contributed by atoms with Crippen molar-refractivity contribution in [2.45, 2.75) is 99.5 Å². The third-order valence-electron chi connectivity index (χ3n) is 7.60. The maximum atomic E-state index is 11.3. The number of carbonyl (C=O) groups excluding carboxylic acids is 2. The Morgan fingerprint density at radius 1 is 0.833 bits per heavy atom. The van der Waals surface area contributed by atoms with Gasteiger partial charge in [0.25, 0.3) is 0 Å². The third-order valence-corrected chi connectivity index (χ3v) is 7.60. The van der Waals surface area contributed by atoms with Crippen molar-refractivity contribution in [3.63, 3.8) is 0 Å².